The van der Waals surface area contributed by atoms with Crippen molar-refractivity contribution in [3.63, 3.8) is 0 Å². The van der Waals surface area contributed by atoms with Crippen LogP contribution in [0.5, 0.6) is 0 Å². The van der Waals surface area contributed by atoms with Gasteiger partial charge in [-0.05, 0) is 37.0 Å². The number of esters is 2. The van der Waals surface area contributed by atoms with Gasteiger partial charge >= 0.3 is 11.9 Å². The quantitative estimate of drug-likeness (QED) is 0.508. The fourth-order valence-electron chi connectivity index (χ4n) is 1.93. The van der Waals surface area contributed by atoms with Crippen molar-refractivity contribution in [2.75, 3.05) is 13.2 Å². The number of aryl methyl sites for hydroxylation is 1. The Labute approximate surface area is 132 Å². The predicted molar refractivity (Wildman–Crippen MR) is 86.2 cm³/mol. The molecule has 0 aromatic heterocycles. The molecular weight excluding hydrogens is 280 g/mol. The molecular formula is C18H26O4. The summed E-state index contributed by atoms with van der Waals surface area (Å²) in [4.78, 5) is 24.4. The summed E-state index contributed by atoms with van der Waals surface area (Å²) in [5.41, 5.74) is 1.58. The lowest BCUT2D eigenvalue weighted by molar-refractivity contribution is 0.0452. The maximum Gasteiger partial charge on any atom is 0.339 e. The first kappa shape index (κ1) is 18.2. The number of carbonyl (C=O) groups excluding carboxylic acids is 2. The summed E-state index contributed by atoms with van der Waals surface area (Å²) < 4.78 is 10.4. The van der Waals surface area contributed by atoms with Gasteiger partial charge < -0.3 is 9.47 Å². The van der Waals surface area contributed by atoms with Gasteiger partial charge in [0, 0.05) is 0 Å². The Morgan fingerprint density at radius 3 is 1.91 bits per heavy atom. The molecule has 0 aliphatic heterocycles. The molecule has 4 heteroatoms. The minimum Gasteiger partial charge on any atom is -0.462 e. The zero-order chi connectivity index (χ0) is 16.4. The van der Waals surface area contributed by atoms with Gasteiger partial charge in [-0.3, -0.25) is 0 Å². The van der Waals surface area contributed by atoms with Gasteiger partial charge in [-0.15, -0.1) is 0 Å². The minimum absolute atomic E-state index is 0.287. The number of hydrogen-bond donors (Lipinski definition) is 0. The zero-order valence-corrected chi connectivity index (χ0v) is 13.8. The highest BCUT2D eigenvalue weighted by atomic mass is 16.5. The third-order valence-corrected chi connectivity index (χ3v) is 3.39. The molecule has 122 valence electrons. The van der Waals surface area contributed by atoms with E-state index in [9.17, 15) is 9.59 Å². The molecule has 22 heavy (non-hydrogen) atoms. The molecule has 0 saturated heterocycles. The summed E-state index contributed by atoms with van der Waals surface area (Å²) in [6, 6.07) is 5.23. The fraction of sp³-hybridized carbons (Fsp3) is 0.556. The summed E-state index contributed by atoms with van der Waals surface area (Å²) in [5, 5.41) is 0. The van der Waals surface area contributed by atoms with Crippen molar-refractivity contribution in [1.29, 1.82) is 0 Å². The first-order valence-corrected chi connectivity index (χ1v) is 8.11. The normalized spacial score (nSPS) is 10.3. The number of ether oxygens (including phenoxy) is 2. The molecule has 0 radical (unpaired) electrons. The third kappa shape index (κ3) is 5.51. The van der Waals surface area contributed by atoms with Crippen molar-refractivity contribution >= 4 is 11.9 Å². The molecule has 0 aliphatic carbocycles. The molecule has 1 rings (SSSR count). The third-order valence-electron chi connectivity index (χ3n) is 3.39. The Kier molecular flexibility index (Phi) is 8.26. The molecule has 1 aromatic carbocycles. The molecule has 0 atom stereocenters. The van der Waals surface area contributed by atoms with Crippen LogP contribution in [-0.4, -0.2) is 25.2 Å². The van der Waals surface area contributed by atoms with E-state index in [0.717, 1.165) is 37.7 Å². The number of hydrogen-bond acceptors (Lipinski definition) is 4. The predicted octanol–water partition coefficient (Wildman–Crippen LogP) is 4.16. The van der Waals surface area contributed by atoms with Gasteiger partial charge in [0.05, 0.1) is 24.3 Å². The van der Waals surface area contributed by atoms with Gasteiger partial charge in [0.25, 0.3) is 0 Å². The number of carbonyl (C=O) groups is 2. The maximum atomic E-state index is 12.2. The van der Waals surface area contributed by atoms with Crippen LogP contribution >= 0.6 is 0 Å². The molecule has 0 bridgehead atoms. The lowest BCUT2D eigenvalue weighted by Crippen LogP contribution is -2.15. The van der Waals surface area contributed by atoms with Crippen molar-refractivity contribution in [1.82, 2.24) is 0 Å². The monoisotopic (exact) mass is 306 g/mol. The highest BCUT2D eigenvalue weighted by Gasteiger charge is 2.19. The van der Waals surface area contributed by atoms with Crippen LogP contribution in [0.2, 0.25) is 0 Å². The summed E-state index contributed by atoms with van der Waals surface area (Å²) in [7, 11) is 0. The average molecular weight is 306 g/mol. The lowest BCUT2D eigenvalue weighted by Gasteiger charge is -2.11. The smallest absolute Gasteiger partial charge is 0.339 e. The van der Waals surface area contributed by atoms with E-state index in [1.165, 1.54) is 0 Å². The van der Waals surface area contributed by atoms with Crippen LogP contribution in [0.4, 0.5) is 0 Å². The number of unbranched alkanes of at least 4 members (excludes halogenated alkanes) is 2. The highest BCUT2D eigenvalue weighted by Crippen LogP contribution is 2.16. The Balaban J connectivity index is 2.90. The van der Waals surface area contributed by atoms with E-state index >= 15 is 0 Å². The molecule has 0 fully saturated rings. The number of rotatable bonds is 9. The molecule has 0 amide bonds. The molecule has 0 saturated carbocycles. The molecule has 0 heterocycles. The SMILES string of the molecule is CCCCOC(=O)c1ccc(CC)cc1C(=O)OCCCC. The van der Waals surface area contributed by atoms with Crippen LogP contribution in [0.1, 0.15) is 72.7 Å². The topological polar surface area (TPSA) is 52.6 Å². The fourth-order valence-corrected chi connectivity index (χ4v) is 1.93. The van der Waals surface area contributed by atoms with E-state index in [0.29, 0.717) is 18.8 Å². The van der Waals surface area contributed by atoms with E-state index in [1.807, 2.05) is 26.8 Å². The maximum absolute atomic E-state index is 12.2. The standard InChI is InChI=1S/C18H26O4/c1-4-7-11-21-17(19)15-10-9-14(6-3)13-16(15)18(20)22-12-8-5-2/h9-10,13H,4-8,11-12H2,1-3H3. The van der Waals surface area contributed by atoms with Crippen LogP contribution in [0.15, 0.2) is 18.2 Å². The van der Waals surface area contributed by atoms with Crippen LogP contribution in [-0.2, 0) is 15.9 Å². The summed E-state index contributed by atoms with van der Waals surface area (Å²) in [6.45, 7) is 6.80. The summed E-state index contributed by atoms with van der Waals surface area (Å²) in [5.74, 6) is -0.912. The van der Waals surface area contributed by atoms with Gasteiger partial charge in [-0.2, -0.15) is 0 Å². The van der Waals surface area contributed by atoms with Crippen molar-refractivity contribution in [3.8, 4) is 0 Å². The van der Waals surface area contributed by atoms with Crippen LogP contribution in [0.25, 0.3) is 0 Å². The Morgan fingerprint density at radius 2 is 1.41 bits per heavy atom. The minimum atomic E-state index is -0.460. The first-order chi connectivity index (χ1) is 10.6. The second-order valence-electron chi connectivity index (χ2n) is 5.21. The first-order valence-electron chi connectivity index (χ1n) is 8.11. The number of benzene rings is 1. The van der Waals surface area contributed by atoms with Gasteiger partial charge in [0.2, 0.25) is 0 Å². The van der Waals surface area contributed by atoms with E-state index < -0.39 is 11.9 Å². The average Bonchev–Trinajstić information content (AvgIpc) is 2.54. The van der Waals surface area contributed by atoms with Gasteiger partial charge in [0.15, 0.2) is 0 Å². The van der Waals surface area contributed by atoms with E-state index in [4.69, 9.17) is 9.47 Å². The van der Waals surface area contributed by atoms with E-state index in [-0.39, 0.29) is 5.56 Å². The van der Waals surface area contributed by atoms with Gasteiger partial charge in [-0.25, -0.2) is 9.59 Å². The Morgan fingerprint density at radius 1 is 0.864 bits per heavy atom. The van der Waals surface area contributed by atoms with Crippen LogP contribution < -0.4 is 0 Å². The van der Waals surface area contributed by atoms with Gasteiger partial charge in [-0.1, -0.05) is 39.7 Å². The van der Waals surface area contributed by atoms with Crippen molar-refractivity contribution in [3.05, 3.63) is 34.9 Å². The summed E-state index contributed by atoms with van der Waals surface area (Å²) >= 11 is 0. The second kappa shape index (κ2) is 9.98. The van der Waals surface area contributed by atoms with Crippen LogP contribution in [0.3, 0.4) is 0 Å². The summed E-state index contributed by atoms with van der Waals surface area (Å²) in [6.07, 6.45) is 4.33. The molecule has 4 nitrogen and oxygen atoms in total. The second-order valence-corrected chi connectivity index (χ2v) is 5.21. The van der Waals surface area contributed by atoms with Crippen molar-refractivity contribution < 1.29 is 19.1 Å². The molecule has 0 N–H and O–H groups in total. The molecule has 0 spiro atoms. The van der Waals surface area contributed by atoms with Gasteiger partial charge in [0.1, 0.15) is 0 Å². The largest absolute Gasteiger partial charge is 0.462 e. The van der Waals surface area contributed by atoms with Crippen molar-refractivity contribution in [2.45, 2.75) is 52.9 Å². The highest BCUT2D eigenvalue weighted by molar-refractivity contribution is 6.03. The molecule has 0 aliphatic rings. The lowest BCUT2D eigenvalue weighted by atomic mass is 10.0. The van der Waals surface area contributed by atoms with E-state index in [2.05, 4.69) is 0 Å². The molecule has 0 unspecified atom stereocenters. The molecule has 1 aromatic rings. The Bertz CT molecular complexity index is 494. The van der Waals surface area contributed by atoms with Crippen LogP contribution in [0, 0.1) is 0 Å². The van der Waals surface area contributed by atoms with E-state index in [1.54, 1.807) is 12.1 Å². The Hall–Kier alpha value is -1.84. The van der Waals surface area contributed by atoms with Crippen molar-refractivity contribution in [2.24, 2.45) is 0 Å². The zero-order valence-electron chi connectivity index (χ0n) is 13.8.